The number of nitrogens with zero attached hydrogens (tertiary/aromatic N) is 2. The predicted molar refractivity (Wildman–Crippen MR) is 91.6 cm³/mol. The number of aromatic amines is 1. The number of aromatic nitrogens is 3. The second-order valence-electron chi connectivity index (χ2n) is 6.23. The van der Waals surface area contributed by atoms with Crippen LogP contribution in [0.3, 0.4) is 0 Å². The lowest BCUT2D eigenvalue weighted by Crippen LogP contribution is -2.35. The average molecular weight is 356 g/mol. The first kappa shape index (κ1) is 16.3. The van der Waals surface area contributed by atoms with Gasteiger partial charge in [-0.3, -0.25) is 14.7 Å². The van der Waals surface area contributed by atoms with Gasteiger partial charge >= 0.3 is 0 Å². The first-order valence-corrected chi connectivity index (χ1v) is 8.31. The molecular formula is C18H17FN4O3. The minimum Gasteiger partial charge on any atom is -0.490 e. The van der Waals surface area contributed by atoms with Gasteiger partial charge in [0.1, 0.15) is 0 Å². The lowest BCUT2D eigenvalue weighted by atomic mass is 10.00. The fraction of sp³-hybridized carbons (Fsp3) is 0.278. The van der Waals surface area contributed by atoms with Crippen LogP contribution < -0.4 is 15.6 Å². The van der Waals surface area contributed by atoms with Crippen molar-refractivity contribution in [1.82, 2.24) is 19.9 Å². The molecule has 2 N–H and O–H groups in total. The number of H-pyrrole nitrogens is 1. The topological polar surface area (TPSA) is 88.5 Å². The van der Waals surface area contributed by atoms with Gasteiger partial charge in [0, 0.05) is 35.5 Å². The maximum Gasteiger partial charge on any atom is 0.276 e. The maximum absolute atomic E-state index is 13.9. The number of aryl methyl sites for hydroxylation is 1. The van der Waals surface area contributed by atoms with Crippen LogP contribution in [0.2, 0.25) is 0 Å². The summed E-state index contributed by atoms with van der Waals surface area (Å²) in [5.74, 6) is -0.590. The van der Waals surface area contributed by atoms with Crippen molar-refractivity contribution < 1.29 is 13.9 Å². The maximum atomic E-state index is 13.9. The molecule has 1 aliphatic rings. The Kier molecular flexibility index (Phi) is 3.95. The van der Waals surface area contributed by atoms with E-state index in [0.29, 0.717) is 35.5 Å². The van der Waals surface area contributed by atoms with E-state index in [4.69, 9.17) is 4.74 Å². The molecule has 1 unspecified atom stereocenters. The number of nitrogens with one attached hydrogen (secondary N) is 2. The molecule has 0 bridgehead atoms. The molecule has 4 rings (SSSR count). The van der Waals surface area contributed by atoms with Crippen LogP contribution >= 0.6 is 0 Å². The van der Waals surface area contributed by atoms with Crippen molar-refractivity contribution in [2.75, 3.05) is 6.61 Å². The van der Waals surface area contributed by atoms with E-state index in [0.717, 1.165) is 0 Å². The smallest absolute Gasteiger partial charge is 0.276 e. The zero-order valence-corrected chi connectivity index (χ0v) is 14.1. The Bertz CT molecular complexity index is 1060. The van der Waals surface area contributed by atoms with E-state index in [1.165, 1.54) is 10.6 Å². The fourth-order valence-electron chi connectivity index (χ4n) is 3.25. The molecule has 0 saturated heterocycles. The zero-order valence-electron chi connectivity index (χ0n) is 14.1. The van der Waals surface area contributed by atoms with Crippen molar-refractivity contribution in [1.29, 1.82) is 0 Å². The van der Waals surface area contributed by atoms with Crippen molar-refractivity contribution in [3.8, 4) is 5.75 Å². The van der Waals surface area contributed by atoms with Crippen LogP contribution in [0.15, 0.2) is 35.3 Å². The minimum atomic E-state index is -0.447. The van der Waals surface area contributed by atoms with Gasteiger partial charge in [-0.25, -0.2) is 13.9 Å². The Morgan fingerprint density at radius 1 is 1.46 bits per heavy atom. The number of ether oxygens (including phenoxy) is 1. The number of benzene rings is 1. The normalized spacial score (nSPS) is 16.2. The van der Waals surface area contributed by atoms with E-state index in [1.807, 2.05) is 0 Å². The second-order valence-corrected chi connectivity index (χ2v) is 6.23. The number of carbonyl (C=O) groups is 1. The Morgan fingerprint density at radius 2 is 2.31 bits per heavy atom. The molecule has 3 aromatic rings. The zero-order chi connectivity index (χ0) is 18.3. The predicted octanol–water partition coefficient (Wildman–Crippen LogP) is 1.65. The van der Waals surface area contributed by atoms with Gasteiger partial charge in [-0.15, -0.1) is 0 Å². The lowest BCUT2D eigenvalue weighted by molar-refractivity contribution is -0.121. The van der Waals surface area contributed by atoms with E-state index in [2.05, 4.69) is 15.4 Å². The van der Waals surface area contributed by atoms with Crippen molar-refractivity contribution >= 4 is 11.6 Å². The van der Waals surface area contributed by atoms with Crippen molar-refractivity contribution in [3.05, 3.63) is 63.5 Å². The first-order valence-electron chi connectivity index (χ1n) is 8.31. The molecule has 0 saturated carbocycles. The number of carbonyl (C=O) groups excluding carboxylic acids is 1. The number of hydrogen-bond donors (Lipinski definition) is 2. The number of rotatable bonds is 3. The monoisotopic (exact) mass is 356 g/mol. The fourth-order valence-corrected chi connectivity index (χ4v) is 3.25. The summed E-state index contributed by atoms with van der Waals surface area (Å²) in [7, 11) is 0. The van der Waals surface area contributed by atoms with Gasteiger partial charge in [-0.1, -0.05) is 12.1 Å². The number of halogens is 1. The molecule has 0 radical (unpaired) electrons. The molecule has 7 nitrogen and oxygen atoms in total. The summed E-state index contributed by atoms with van der Waals surface area (Å²) in [4.78, 5) is 29.4. The van der Waals surface area contributed by atoms with E-state index < -0.39 is 5.82 Å². The molecule has 1 aliphatic heterocycles. The molecule has 1 aromatic carbocycles. The molecule has 0 spiro atoms. The van der Waals surface area contributed by atoms with Gasteiger partial charge < -0.3 is 10.1 Å². The SMILES string of the molecule is Cc1nc2cc[nH]n2c(=O)c1CC(=O)NC1CCOc2c(F)cccc21. The van der Waals surface area contributed by atoms with Gasteiger partial charge in [0.2, 0.25) is 5.91 Å². The van der Waals surface area contributed by atoms with E-state index in [-0.39, 0.29) is 29.7 Å². The van der Waals surface area contributed by atoms with Crippen LogP contribution in [-0.4, -0.2) is 27.1 Å². The Morgan fingerprint density at radius 3 is 3.15 bits per heavy atom. The molecule has 3 heterocycles. The van der Waals surface area contributed by atoms with Gasteiger partial charge in [-0.2, -0.15) is 0 Å². The number of para-hydroxylation sites is 1. The summed E-state index contributed by atoms with van der Waals surface area (Å²) in [5, 5.41) is 5.66. The summed E-state index contributed by atoms with van der Waals surface area (Å²) in [6, 6.07) is 5.97. The van der Waals surface area contributed by atoms with Crippen LogP contribution in [0.1, 0.15) is 29.3 Å². The summed E-state index contributed by atoms with van der Waals surface area (Å²) in [6.45, 7) is 2.02. The third-order valence-electron chi connectivity index (χ3n) is 4.54. The summed E-state index contributed by atoms with van der Waals surface area (Å²) >= 11 is 0. The largest absolute Gasteiger partial charge is 0.490 e. The molecule has 0 fully saturated rings. The number of fused-ring (bicyclic) bond motifs is 2. The van der Waals surface area contributed by atoms with Crippen LogP contribution in [0.5, 0.6) is 5.75 Å². The third-order valence-corrected chi connectivity index (χ3v) is 4.54. The van der Waals surface area contributed by atoms with Gasteiger partial charge in [-0.05, 0) is 13.0 Å². The van der Waals surface area contributed by atoms with Crippen LogP contribution in [0, 0.1) is 12.7 Å². The van der Waals surface area contributed by atoms with Gasteiger partial charge in [0.05, 0.1) is 19.1 Å². The van der Waals surface area contributed by atoms with Crippen molar-refractivity contribution in [2.45, 2.75) is 25.8 Å². The third kappa shape index (κ3) is 2.73. The molecule has 26 heavy (non-hydrogen) atoms. The molecular weight excluding hydrogens is 339 g/mol. The lowest BCUT2D eigenvalue weighted by Gasteiger charge is -2.27. The van der Waals surface area contributed by atoms with Crippen molar-refractivity contribution in [3.63, 3.8) is 0 Å². The van der Waals surface area contributed by atoms with Crippen LogP contribution in [-0.2, 0) is 11.2 Å². The minimum absolute atomic E-state index is 0.0956. The number of hydrogen-bond acceptors (Lipinski definition) is 4. The summed E-state index contributed by atoms with van der Waals surface area (Å²) in [5.41, 5.74) is 1.66. The second kappa shape index (κ2) is 6.29. The van der Waals surface area contributed by atoms with Gasteiger partial charge in [0.25, 0.3) is 5.56 Å². The van der Waals surface area contributed by atoms with Crippen LogP contribution in [0.25, 0.3) is 5.65 Å². The molecule has 1 amide bonds. The summed E-state index contributed by atoms with van der Waals surface area (Å²) in [6.07, 6.45) is 2.05. The van der Waals surface area contributed by atoms with Gasteiger partial charge in [0.15, 0.2) is 17.2 Å². The highest BCUT2D eigenvalue weighted by molar-refractivity contribution is 5.79. The Hall–Kier alpha value is -3.16. The highest BCUT2D eigenvalue weighted by Crippen LogP contribution is 2.33. The highest BCUT2D eigenvalue weighted by atomic mass is 19.1. The molecule has 0 aliphatic carbocycles. The molecule has 8 heteroatoms. The highest BCUT2D eigenvalue weighted by Gasteiger charge is 2.26. The summed E-state index contributed by atoms with van der Waals surface area (Å²) < 4.78 is 20.5. The standard InChI is InChI=1S/C18H17FN4O3/c1-10-12(18(25)23-15(21-10)5-7-20-23)9-16(24)22-14-6-8-26-17-11(14)3-2-4-13(17)19/h2-5,7,14,20H,6,8-9H2,1H3,(H,22,24). The first-order chi connectivity index (χ1) is 12.5. The average Bonchev–Trinajstić information content (AvgIpc) is 3.08. The number of amides is 1. The molecule has 1 atom stereocenters. The quantitative estimate of drug-likeness (QED) is 0.747. The van der Waals surface area contributed by atoms with E-state index in [1.54, 1.807) is 31.3 Å². The molecule has 134 valence electrons. The van der Waals surface area contributed by atoms with Crippen molar-refractivity contribution in [2.24, 2.45) is 0 Å². The molecule has 2 aromatic heterocycles. The van der Waals surface area contributed by atoms with E-state index >= 15 is 0 Å². The Balaban J connectivity index is 1.58. The van der Waals surface area contributed by atoms with E-state index in [9.17, 15) is 14.0 Å². The Labute approximate surface area is 147 Å². The van der Waals surface area contributed by atoms with Crippen LogP contribution in [0.4, 0.5) is 4.39 Å².